The molecular formula is C19H25N7O2S. The van der Waals surface area contributed by atoms with Gasteiger partial charge in [0.05, 0.1) is 11.7 Å². The first-order chi connectivity index (χ1) is 14.0. The van der Waals surface area contributed by atoms with Gasteiger partial charge in [0, 0.05) is 36.4 Å². The molecule has 0 radical (unpaired) electrons. The second kappa shape index (κ2) is 8.42. The summed E-state index contributed by atoms with van der Waals surface area (Å²) in [6.07, 6.45) is 3.66. The number of ether oxygens (including phenoxy) is 1. The van der Waals surface area contributed by atoms with E-state index >= 15 is 0 Å². The van der Waals surface area contributed by atoms with Gasteiger partial charge in [-0.2, -0.15) is 9.47 Å². The molecule has 9 nitrogen and oxygen atoms in total. The quantitative estimate of drug-likeness (QED) is 0.660. The van der Waals surface area contributed by atoms with Crippen molar-refractivity contribution in [3.63, 3.8) is 0 Å². The largest absolute Gasteiger partial charge is 0.377 e. The molecule has 1 aliphatic rings. The molecule has 0 aromatic carbocycles. The van der Waals surface area contributed by atoms with Crippen molar-refractivity contribution in [2.75, 3.05) is 12.4 Å². The molecule has 0 aliphatic heterocycles. The zero-order valence-electron chi connectivity index (χ0n) is 16.8. The molecule has 0 unspecified atom stereocenters. The number of aryl methyl sites for hydroxylation is 2. The van der Waals surface area contributed by atoms with Gasteiger partial charge in [-0.1, -0.05) is 0 Å². The maximum absolute atomic E-state index is 12.5. The SMILES string of the molecule is COCc1nsc(NC2CCC(n3nc(-n4nc(C)cc4C)ccc3=O)CC2)n1. The van der Waals surface area contributed by atoms with E-state index in [9.17, 15) is 4.79 Å². The minimum atomic E-state index is -0.0694. The third-order valence-corrected chi connectivity index (χ3v) is 5.83. The first-order valence-electron chi connectivity index (χ1n) is 9.75. The first-order valence-corrected chi connectivity index (χ1v) is 10.5. The number of methoxy groups -OCH3 is 1. The molecule has 4 rings (SSSR count). The molecule has 1 N–H and O–H groups in total. The molecule has 29 heavy (non-hydrogen) atoms. The maximum atomic E-state index is 12.5. The van der Waals surface area contributed by atoms with Crippen LogP contribution in [0.15, 0.2) is 23.0 Å². The number of aromatic nitrogens is 6. The summed E-state index contributed by atoms with van der Waals surface area (Å²) in [5, 5.41) is 13.4. The Labute approximate surface area is 172 Å². The van der Waals surface area contributed by atoms with Crippen molar-refractivity contribution < 1.29 is 4.74 Å². The molecule has 1 saturated carbocycles. The molecule has 154 valence electrons. The summed E-state index contributed by atoms with van der Waals surface area (Å²) < 4.78 is 12.7. The van der Waals surface area contributed by atoms with Crippen LogP contribution in [0.4, 0.5) is 5.13 Å². The topological polar surface area (TPSA) is 99.7 Å². The van der Waals surface area contributed by atoms with Gasteiger partial charge < -0.3 is 10.1 Å². The smallest absolute Gasteiger partial charge is 0.267 e. The van der Waals surface area contributed by atoms with Crippen LogP contribution in [0.5, 0.6) is 0 Å². The van der Waals surface area contributed by atoms with Gasteiger partial charge in [0.1, 0.15) is 6.61 Å². The summed E-state index contributed by atoms with van der Waals surface area (Å²) in [7, 11) is 1.63. The molecule has 0 spiro atoms. The predicted molar refractivity (Wildman–Crippen MR) is 111 cm³/mol. The van der Waals surface area contributed by atoms with Crippen molar-refractivity contribution in [2.24, 2.45) is 0 Å². The van der Waals surface area contributed by atoms with Gasteiger partial charge in [-0.3, -0.25) is 4.79 Å². The third kappa shape index (κ3) is 4.38. The highest BCUT2D eigenvalue weighted by Gasteiger charge is 2.25. The molecule has 3 aromatic rings. The summed E-state index contributed by atoms with van der Waals surface area (Å²) >= 11 is 1.36. The lowest BCUT2D eigenvalue weighted by molar-refractivity contribution is 0.179. The normalized spacial score (nSPS) is 19.4. The van der Waals surface area contributed by atoms with Crippen molar-refractivity contribution in [3.8, 4) is 5.82 Å². The van der Waals surface area contributed by atoms with Crippen LogP contribution in [0, 0.1) is 13.8 Å². The summed E-state index contributed by atoms with van der Waals surface area (Å²) in [6, 6.07) is 5.74. The van der Waals surface area contributed by atoms with Gasteiger partial charge >= 0.3 is 0 Å². The van der Waals surface area contributed by atoms with Gasteiger partial charge in [-0.15, -0.1) is 5.10 Å². The van der Waals surface area contributed by atoms with E-state index in [0.717, 1.165) is 42.2 Å². The minimum absolute atomic E-state index is 0.0694. The lowest BCUT2D eigenvalue weighted by atomic mass is 9.91. The third-order valence-electron chi connectivity index (χ3n) is 5.15. The van der Waals surface area contributed by atoms with Crippen LogP contribution in [0.2, 0.25) is 0 Å². The summed E-state index contributed by atoms with van der Waals surface area (Å²) in [6.45, 7) is 4.36. The number of rotatable bonds is 6. The minimum Gasteiger partial charge on any atom is -0.377 e. The molecular weight excluding hydrogens is 390 g/mol. The predicted octanol–water partition coefficient (Wildman–Crippen LogP) is 2.64. The second-order valence-electron chi connectivity index (χ2n) is 7.41. The fraction of sp³-hybridized carbons (Fsp3) is 0.526. The highest BCUT2D eigenvalue weighted by atomic mass is 32.1. The van der Waals surface area contributed by atoms with Gasteiger partial charge in [0.2, 0.25) is 5.13 Å². The van der Waals surface area contributed by atoms with Gasteiger partial charge in [-0.05, 0) is 51.7 Å². The Bertz CT molecular complexity index is 1030. The lowest BCUT2D eigenvalue weighted by Gasteiger charge is -2.29. The van der Waals surface area contributed by atoms with Gasteiger partial charge in [0.25, 0.3) is 5.56 Å². The molecule has 0 atom stereocenters. The highest BCUT2D eigenvalue weighted by Crippen LogP contribution is 2.29. The van der Waals surface area contributed by atoms with Crippen LogP contribution < -0.4 is 10.9 Å². The first kappa shape index (κ1) is 19.7. The molecule has 0 saturated heterocycles. The number of nitrogens with zero attached hydrogens (tertiary/aromatic N) is 6. The summed E-state index contributed by atoms with van der Waals surface area (Å²) in [5.41, 5.74) is 1.86. The standard InChI is InChI=1S/C19H25N7O2S/c1-12-10-13(2)25(22-12)17-8-9-18(27)26(23-17)15-6-4-14(5-7-15)20-19-21-16(11-28-3)24-29-19/h8-10,14-15H,4-7,11H2,1-3H3,(H,20,21,24). The van der Waals surface area contributed by atoms with E-state index in [1.807, 2.05) is 19.9 Å². The van der Waals surface area contributed by atoms with E-state index in [4.69, 9.17) is 4.74 Å². The van der Waals surface area contributed by atoms with E-state index in [1.54, 1.807) is 28.6 Å². The van der Waals surface area contributed by atoms with Crippen molar-refractivity contribution in [2.45, 2.75) is 58.2 Å². The number of hydrogen-bond acceptors (Lipinski definition) is 8. The van der Waals surface area contributed by atoms with E-state index in [0.29, 0.717) is 24.3 Å². The Morgan fingerprint density at radius 1 is 1.21 bits per heavy atom. The Morgan fingerprint density at radius 2 is 2.00 bits per heavy atom. The number of anilines is 1. The summed E-state index contributed by atoms with van der Waals surface area (Å²) in [4.78, 5) is 16.9. The van der Waals surface area contributed by atoms with Crippen LogP contribution in [0.25, 0.3) is 5.82 Å². The van der Waals surface area contributed by atoms with Gasteiger partial charge in [0.15, 0.2) is 11.6 Å². The van der Waals surface area contributed by atoms with E-state index in [1.165, 1.54) is 11.5 Å². The number of nitrogens with one attached hydrogen (secondary N) is 1. The zero-order chi connectivity index (χ0) is 20.4. The van der Waals surface area contributed by atoms with Crippen LogP contribution in [0.1, 0.15) is 48.9 Å². The molecule has 3 heterocycles. The van der Waals surface area contributed by atoms with Crippen molar-refractivity contribution in [1.29, 1.82) is 0 Å². The zero-order valence-corrected chi connectivity index (χ0v) is 17.6. The maximum Gasteiger partial charge on any atom is 0.267 e. The second-order valence-corrected chi connectivity index (χ2v) is 8.16. The van der Waals surface area contributed by atoms with Crippen molar-refractivity contribution in [3.05, 3.63) is 45.8 Å². The van der Waals surface area contributed by atoms with Crippen molar-refractivity contribution >= 4 is 16.7 Å². The molecule has 3 aromatic heterocycles. The summed E-state index contributed by atoms with van der Waals surface area (Å²) in [5.74, 6) is 1.38. The Kier molecular flexibility index (Phi) is 5.72. The average Bonchev–Trinajstić information content (AvgIpc) is 3.29. The Morgan fingerprint density at radius 3 is 2.69 bits per heavy atom. The van der Waals surface area contributed by atoms with Crippen molar-refractivity contribution in [1.82, 2.24) is 28.9 Å². The van der Waals surface area contributed by atoms with Gasteiger partial charge in [-0.25, -0.2) is 14.3 Å². The Hall–Kier alpha value is -2.59. The highest BCUT2D eigenvalue weighted by molar-refractivity contribution is 7.09. The van der Waals surface area contributed by atoms with Crippen LogP contribution in [0.3, 0.4) is 0 Å². The molecule has 1 fully saturated rings. The molecule has 1 aliphatic carbocycles. The van der Waals surface area contributed by atoms with E-state index in [2.05, 4.69) is 24.9 Å². The van der Waals surface area contributed by atoms with E-state index < -0.39 is 0 Å². The lowest BCUT2D eigenvalue weighted by Crippen LogP contribution is -2.33. The molecule has 10 heteroatoms. The van der Waals surface area contributed by atoms with Crippen LogP contribution in [-0.4, -0.2) is 42.1 Å². The average molecular weight is 416 g/mol. The Balaban J connectivity index is 1.43. The van der Waals surface area contributed by atoms with E-state index in [-0.39, 0.29) is 11.6 Å². The molecule has 0 bridgehead atoms. The van der Waals surface area contributed by atoms with Crippen LogP contribution in [-0.2, 0) is 11.3 Å². The molecule has 0 amide bonds. The fourth-order valence-corrected chi connectivity index (χ4v) is 4.44. The fourth-order valence-electron chi connectivity index (χ4n) is 3.79. The number of hydrogen-bond donors (Lipinski definition) is 1. The van der Waals surface area contributed by atoms with Crippen LogP contribution >= 0.6 is 11.5 Å². The monoisotopic (exact) mass is 415 g/mol.